The largest absolute Gasteiger partial charge is 0.481 e. The number of carbonyl (C=O) groups is 4. The van der Waals surface area contributed by atoms with Gasteiger partial charge in [-0.25, -0.2) is 0 Å². The van der Waals surface area contributed by atoms with Crippen LogP contribution in [0.1, 0.15) is 37.6 Å². The third-order valence-electron chi connectivity index (χ3n) is 5.43. The Hall–Kier alpha value is -3.16. The molecule has 0 aromatic heterocycles. The predicted octanol–water partition coefficient (Wildman–Crippen LogP) is 1.96. The number of fused-ring (bicyclic) bond motifs is 2. The molecule has 0 unspecified atom stereocenters. The molecule has 2 bridgehead atoms. The fraction of sp³-hybridized carbons (Fsp3) is 0.429. The normalized spacial score (nSPS) is 24.8. The molecule has 2 aliphatic carbocycles. The highest BCUT2D eigenvalue weighted by Crippen LogP contribution is 2.48. The van der Waals surface area contributed by atoms with Crippen molar-refractivity contribution in [1.82, 2.24) is 10.9 Å². The first-order chi connectivity index (χ1) is 13.6. The summed E-state index contributed by atoms with van der Waals surface area (Å²) >= 11 is 0. The van der Waals surface area contributed by atoms with Gasteiger partial charge in [0.1, 0.15) is 0 Å². The lowest BCUT2D eigenvalue weighted by atomic mass is 9.82. The topological polar surface area (TPSA) is 125 Å². The predicted molar refractivity (Wildman–Crippen MR) is 105 cm³/mol. The van der Waals surface area contributed by atoms with Crippen molar-refractivity contribution in [1.29, 1.82) is 0 Å². The van der Waals surface area contributed by atoms with Crippen molar-refractivity contribution < 1.29 is 24.3 Å². The summed E-state index contributed by atoms with van der Waals surface area (Å²) in [4.78, 5) is 48.3. The molecule has 0 spiro atoms. The van der Waals surface area contributed by atoms with Crippen molar-refractivity contribution in [2.24, 2.45) is 29.1 Å². The van der Waals surface area contributed by atoms with Crippen molar-refractivity contribution in [2.75, 3.05) is 5.32 Å². The number of anilines is 1. The third kappa shape index (κ3) is 4.31. The molecular formula is C21H25N3O5. The lowest BCUT2D eigenvalue weighted by molar-refractivity contribution is -0.148. The molecule has 0 radical (unpaired) electrons. The standard InChI is InChI=1S/C21H25N3O5/c1-21(2,3)20(29)22-14-8-6-11(7-9-14)17(25)23-24-18(26)15-12-4-5-13(10-12)16(15)19(27)28/h4-9,12-13,15-16H,10H2,1-3H3,(H,22,29)(H,23,25)(H,24,26)(H,27,28)/t12-,13-,15-,16-/m0/s1. The number of nitrogens with one attached hydrogen (secondary N) is 3. The first-order valence-corrected chi connectivity index (χ1v) is 9.51. The number of carboxylic acid groups (broad SMARTS) is 1. The number of carbonyl (C=O) groups excluding carboxylic acids is 3. The van der Waals surface area contributed by atoms with Crippen molar-refractivity contribution >= 4 is 29.4 Å². The molecular weight excluding hydrogens is 374 g/mol. The molecule has 1 saturated carbocycles. The van der Waals surface area contributed by atoms with E-state index in [-0.39, 0.29) is 17.7 Å². The van der Waals surface area contributed by atoms with Gasteiger partial charge in [-0.3, -0.25) is 30.0 Å². The van der Waals surface area contributed by atoms with E-state index in [1.165, 1.54) is 12.1 Å². The van der Waals surface area contributed by atoms with Crippen molar-refractivity contribution in [3.63, 3.8) is 0 Å². The van der Waals surface area contributed by atoms with Crippen LogP contribution in [0.25, 0.3) is 0 Å². The van der Waals surface area contributed by atoms with Gasteiger partial charge in [0, 0.05) is 16.7 Å². The van der Waals surface area contributed by atoms with Gasteiger partial charge in [-0.1, -0.05) is 32.9 Å². The van der Waals surface area contributed by atoms with Crippen LogP contribution < -0.4 is 16.2 Å². The van der Waals surface area contributed by atoms with Gasteiger partial charge >= 0.3 is 5.97 Å². The molecule has 1 fully saturated rings. The molecule has 2 aliphatic rings. The number of amides is 3. The lowest BCUT2D eigenvalue weighted by Gasteiger charge is -2.23. The average molecular weight is 399 g/mol. The first-order valence-electron chi connectivity index (χ1n) is 9.51. The molecule has 4 atom stereocenters. The SMILES string of the molecule is CC(C)(C)C(=O)Nc1ccc(C(=O)NNC(=O)[C@@H]2[C@@H](C(=O)O)[C@H]3C=C[C@H]2C3)cc1. The van der Waals surface area contributed by atoms with Crippen molar-refractivity contribution in [2.45, 2.75) is 27.2 Å². The molecule has 0 aliphatic heterocycles. The van der Waals surface area contributed by atoms with E-state index in [2.05, 4.69) is 16.2 Å². The van der Waals surface area contributed by atoms with Gasteiger partial charge in [0.05, 0.1) is 11.8 Å². The second kappa shape index (κ2) is 7.69. The summed E-state index contributed by atoms with van der Waals surface area (Å²) in [5, 5.41) is 12.2. The fourth-order valence-electron chi connectivity index (χ4n) is 3.81. The average Bonchev–Trinajstić information content (AvgIpc) is 3.27. The van der Waals surface area contributed by atoms with Crippen LogP contribution in [-0.2, 0) is 14.4 Å². The fourth-order valence-corrected chi connectivity index (χ4v) is 3.81. The van der Waals surface area contributed by atoms with Gasteiger partial charge < -0.3 is 10.4 Å². The van der Waals surface area contributed by atoms with Crippen LogP contribution in [0.5, 0.6) is 0 Å². The molecule has 8 heteroatoms. The highest BCUT2D eigenvalue weighted by molar-refractivity contribution is 5.98. The Morgan fingerprint density at radius 1 is 0.931 bits per heavy atom. The number of hydrogen-bond donors (Lipinski definition) is 4. The number of hydrazine groups is 1. The van der Waals surface area contributed by atoms with E-state index in [4.69, 9.17) is 0 Å². The highest BCUT2D eigenvalue weighted by atomic mass is 16.4. The number of benzene rings is 1. The number of aliphatic carboxylic acids is 1. The van der Waals surface area contributed by atoms with Crippen LogP contribution >= 0.6 is 0 Å². The van der Waals surface area contributed by atoms with Crippen LogP contribution in [0.3, 0.4) is 0 Å². The quantitative estimate of drug-likeness (QED) is 0.455. The number of hydrogen-bond acceptors (Lipinski definition) is 4. The van der Waals surface area contributed by atoms with E-state index in [9.17, 15) is 24.3 Å². The van der Waals surface area contributed by atoms with E-state index in [0.29, 0.717) is 17.7 Å². The van der Waals surface area contributed by atoms with Crippen LogP contribution in [0.4, 0.5) is 5.69 Å². The Labute approximate surface area is 168 Å². The summed E-state index contributed by atoms with van der Waals surface area (Å²) in [6.07, 6.45) is 4.37. The van der Waals surface area contributed by atoms with Crippen LogP contribution in [0.2, 0.25) is 0 Å². The molecule has 8 nitrogen and oxygen atoms in total. The van der Waals surface area contributed by atoms with E-state index in [1.807, 2.05) is 12.2 Å². The Balaban J connectivity index is 1.57. The van der Waals surface area contributed by atoms with Crippen LogP contribution in [-0.4, -0.2) is 28.8 Å². The maximum absolute atomic E-state index is 12.5. The van der Waals surface area contributed by atoms with Crippen molar-refractivity contribution in [3.8, 4) is 0 Å². The summed E-state index contributed by atoms with van der Waals surface area (Å²) in [6.45, 7) is 5.40. The molecule has 0 heterocycles. The Morgan fingerprint density at radius 3 is 2.07 bits per heavy atom. The van der Waals surface area contributed by atoms with Gasteiger partial charge in [0.25, 0.3) is 5.91 Å². The summed E-state index contributed by atoms with van der Waals surface area (Å²) in [5.74, 6) is -3.90. The molecule has 4 N–H and O–H groups in total. The minimum absolute atomic E-state index is 0.122. The molecule has 29 heavy (non-hydrogen) atoms. The maximum atomic E-state index is 12.5. The summed E-state index contributed by atoms with van der Waals surface area (Å²) < 4.78 is 0. The second-order valence-corrected chi connectivity index (χ2v) is 8.56. The maximum Gasteiger partial charge on any atom is 0.307 e. The van der Waals surface area contributed by atoms with Gasteiger partial charge in [0.2, 0.25) is 11.8 Å². The zero-order valence-corrected chi connectivity index (χ0v) is 16.6. The van der Waals surface area contributed by atoms with Gasteiger partial charge in [-0.05, 0) is 42.5 Å². The zero-order chi connectivity index (χ0) is 21.3. The molecule has 0 saturated heterocycles. The smallest absolute Gasteiger partial charge is 0.307 e. The molecule has 1 aromatic carbocycles. The monoisotopic (exact) mass is 399 g/mol. The van der Waals surface area contributed by atoms with Gasteiger partial charge in [-0.15, -0.1) is 0 Å². The summed E-state index contributed by atoms with van der Waals surface area (Å²) in [6, 6.07) is 6.25. The first kappa shape index (κ1) is 20.6. The third-order valence-corrected chi connectivity index (χ3v) is 5.43. The number of allylic oxidation sites excluding steroid dienone is 2. The molecule has 154 valence electrons. The van der Waals surface area contributed by atoms with E-state index >= 15 is 0 Å². The zero-order valence-electron chi connectivity index (χ0n) is 16.6. The molecule has 3 rings (SSSR count). The number of carboxylic acids is 1. The Kier molecular flexibility index (Phi) is 5.46. The minimum Gasteiger partial charge on any atom is -0.481 e. The van der Waals surface area contributed by atoms with E-state index < -0.39 is 35.0 Å². The Bertz CT molecular complexity index is 869. The second-order valence-electron chi connectivity index (χ2n) is 8.56. The van der Waals surface area contributed by atoms with Gasteiger partial charge in [0.15, 0.2) is 0 Å². The van der Waals surface area contributed by atoms with Gasteiger partial charge in [-0.2, -0.15) is 0 Å². The summed E-state index contributed by atoms with van der Waals surface area (Å²) in [5.41, 5.74) is 5.00. The van der Waals surface area contributed by atoms with Crippen LogP contribution in [0, 0.1) is 29.1 Å². The lowest BCUT2D eigenvalue weighted by Crippen LogP contribution is -2.48. The number of rotatable bonds is 4. The van der Waals surface area contributed by atoms with E-state index in [0.717, 1.165) is 0 Å². The van der Waals surface area contributed by atoms with Crippen LogP contribution in [0.15, 0.2) is 36.4 Å². The highest BCUT2D eigenvalue weighted by Gasteiger charge is 2.51. The minimum atomic E-state index is -0.999. The molecule has 3 amide bonds. The van der Waals surface area contributed by atoms with E-state index in [1.54, 1.807) is 32.9 Å². The van der Waals surface area contributed by atoms with Crippen molar-refractivity contribution in [3.05, 3.63) is 42.0 Å². The molecule has 1 aromatic rings. The Morgan fingerprint density at radius 2 is 1.52 bits per heavy atom. The summed E-state index contributed by atoms with van der Waals surface area (Å²) in [7, 11) is 0.